The minimum absolute atomic E-state index is 0.363. The Bertz CT molecular complexity index is 769. The fourth-order valence-electron chi connectivity index (χ4n) is 2.39. The highest BCUT2D eigenvalue weighted by Crippen LogP contribution is 2.22. The van der Waals surface area contributed by atoms with Gasteiger partial charge in [0.1, 0.15) is 24.7 Å². The summed E-state index contributed by atoms with van der Waals surface area (Å²) >= 11 is 0. The summed E-state index contributed by atoms with van der Waals surface area (Å²) < 4.78 is 11.5. The molecule has 2 aromatic carbocycles. The molecule has 144 valence electrons. The number of rotatable bonds is 8. The van der Waals surface area contributed by atoms with E-state index in [0.717, 1.165) is 21.9 Å². The van der Waals surface area contributed by atoms with Gasteiger partial charge in [0.15, 0.2) is 0 Å². The smallest absolute Gasteiger partial charge is 0.345 e. The number of benzene rings is 2. The molecular weight excluding hydrogens is 344 g/mol. The molecule has 0 heterocycles. The molecule has 0 fully saturated rings. The monoisotopic (exact) mass is 370 g/mol. The van der Waals surface area contributed by atoms with Crippen molar-refractivity contribution in [3.05, 3.63) is 65.7 Å². The number of amides is 2. The molecule has 2 aromatic rings. The number of hydrogen-bond acceptors (Lipinski definition) is 4. The van der Waals surface area contributed by atoms with E-state index in [2.05, 4.69) is 5.32 Å². The van der Waals surface area contributed by atoms with E-state index >= 15 is 0 Å². The lowest BCUT2D eigenvalue weighted by molar-refractivity contribution is -0.0598. The number of urea groups is 1. The van der Waals surface area contributed by atoms with Gasteiger partial charge in [-0.05, 0) is 49.3 Å². The number of hydrogen-bond donors (Lipinski definition) is 1. The van der Waals surface area contributed by atoms with Crippen molar-refractivity contribution in [1.82, 2.24) is 5.06 Å². The summed E-state index contributed by atoms with van der Waals surface area (Å²) in [7, 11) is 2.95. The summed E-state index contributed by atoms with van der Waals surface area (Å²) in [5.41, 5.74) is 2.87. The van der Waals surface area contributed by atoms with Crippen molar-refractivity contribution in [2.75, 3.05) is 32.7 Å². The number of para-hydroxylation sites is 1. The van der Waals surface area contributed by atoms with Crippen molar-refractivity contribution in [2.45, 2.75) is 13.8 Å². The fraction of sp³-hybridized carbons (Fsp3) is 0.286. The van der Waals surface area contributed by atoms with E-state index in [4.69, 9.17) is 14.3 Å². The fourth-order valence-corrected chi connectivity index (χ4v) is 2.39. The molecule has 0 aliphatic heterocycles. The molecule has 0 aliphatic carbocycles. The molecule has 0 bridgehead atoms. The van der Waals surface area contributed by atoms with Crippen molar-refractivity contribution in [1.29, 1.82) is 0 Å². The zero-order valence-corrected chi connectivity index (χ0v) is 16.2. The highest BCUT2D eigenvalue weighted by atomic mass is 16.7. The first-order chi connectivity index (χ1) is 13.0. The lowest BCUT2D eigenvalue weighted by Gasteiger charge is -2.15. The average molecular weight is 370 g/mol. The minimum atomic E-state index is -0.363. The molecule has 6 nitrogen and oxygen atoms in total. The third-order valence-electron chi connectivity index (χ3n) is 3.89. The van der Waals surface area contributed by atoms with Gasteiger partial charge in [-0.3, -0.25) is 4.84 Å². The summed E-state index contributed by atoms with van der Waals surface area (Å²) in [4.78, 5) is 16.6. The van der Waals surface area contributed by atoms with Gasteiger partial charge in [0.05, 0.1) is 7.11 Å². The topological polar surface area (TPSA) is 60.0 Å². The van der Waals surface area contributed by atoms with Crippen molar-refractivity contribution in [2.24, 2.45) is 0 Å². The Morgan fingerprint density at radius 3 is 2.33 bits per heavy atom. The SMILES string of the molecule is CON(C)C(=O)Nc1cccc(OCC=CCOc2c(C)cccc2C)c1. The molecule has 0 aliphatic rings. The second-order valence-corrected chi connectivity index (χ2v) is 5.95. The molecule has 6 heteroatoms. The quantitative estimate of drug-likeness (QED) is 0.555. The molecular formula is C21H26N2O4. The Balaban J connectivity index is 1.79. The third-order valence-corrected chi connectivity index (χ3v) is 3.89. The van der Waals surface area contributed by atoms with Crippen LogP contribution in [0, 0.1) is 13.8 Å². The van der Waals surface area contributed by atoms with Gasteiger partial charge >= 0.3 is 6.03 Å². The van der Waals surface area contributed by atoms with E-state index in [1.54, 1.807) is 12.1 Å². The van der Waals surface area contributed by atoms with Crippen LogP contribution in [0.25, 0.3) is 0 Å². The molecule has 0 spiro atoms. The first-order valence-electron chi connectivity index (χ1n) is 8.67. The molecule has 2 rings (SSSR count). The first kappa shape index (κ1) is 20.3. The average Bonchev–Trinajstić information content (AvgIpc) is 2.66. The van der Waals surface area contributed by atoms with Crippen LogP contribution in [0.5, 0.6) is 11.5 Å². The Hall–Kier alpha value is -2.99. The van der Waals surface area contributed by atoms with Crippen molar-refractivity contribution < 1.29 is 19.1 Å². The van der Waals surface area contributed by atoms with Crippen molar-refractivity contribution in [3.63, 3.8) is 0 Å². The van der Waals surface area contributed by atoms with Gasteiger partial charge < -0.3 is 14.8 Å². The van der Waals surface area contributed by atoms with Crippen molar-refractivity contribution >= 4 is 11.7 Å². The van der Waals surface area contributed by atoms with Gasteiger partial charge in [-0.15, -0.1) is 0 Å². The zero-order chi connectivity index (χ0) is 19.6. The number of anilines is 1. The minimum Gasteiger partial charge on any atom is -0.489 e. The Morgan fingerprint density at radius 2 is 1.67 bits per heavy atom. The lowest BCUT2D eigenvalue weighted by atomic mass is 10.1. The van der Waals surface area contributed by atoms with Crippen LogP contribution in [0.3, 0.4) is 0 Å². The van der Waals surface area contributed by atoms with Gasteiger partial charge in [0.2, 0.25) is 0 Å². The number of nitrogens with one attached hydrogen (secondary N) is 1. The third kappa shape index (κ3) is 6.34. The van der Waals surface area contributed by atoms with Crippen LogP contribution in [-0.4, -0.2) is 38.5 Å². The first-order valence-corrected chi connectivity index (χ1v) is 8.67. The van der Waals surface area contributed by atoms with Gasteiger partial charge in [0, 0.05) is 18.8 Å². The second-order valence-electron chi connectivity index (χ2n) is 5.95. The van der Waals surface area contributed by atoms with Crippen LogP contribution < -0.4 is 14.8 Å². The summed E-state index contributed by atoms with van der Waals surface area (Å²) in [6.07, 6.45) is 3.82. The molecule has 0 saturated carbocycles. The van der Waals surface area contributed by atoms with Crippen LogP contribution in [0.15, 0.2) is 54.6 Å². The second kappa shape index (κ2) is 10.2. The van der Waals surface area contributed by atoms with Crippen LogP contribution in [-0.2, 0) is 4.84 Å². The zero-order valence-electron chi connectivity index (χ0n) is 16.2. The predicted octanol–water partition coefficient (Wildman–Crippen LogP) is 4.34. The predicted molar refractivity (Wildman–Crippen MR) is 106 cm³/mol. The lowest BCUT2D eigenvalue weighted by Crippen LogP contribution is -2.30. The van der Waals surface area contributed by atoms with Crippen LogP contribution in [0.1, 0.15) is 11.1 Å². The summed E-state index contributed by atoms with van der Waals surface area (Å²) in [6.45, 7) is 4.95. The van der Waals surface area contributed by atoms with Gasteiger partial charge in [0.25, 0.3) is 0 Å². The summed E-state index contributed by atoms with van der Waals surface area (Å²) in [5.74, 6) is 1.58. The largest absolute Gasteiger partial charge is 0.489 e. The van der Waals surface area contributed by atoms with Gasteiger partial charge in [-0.25, -0.2) is 9.86 Å². The highest BCUT2D eigenvalue weighted by molar-refractivity contribution is 5.88. The Morgan fingerprint density at radius 1 is 1.04 bits per heavy atom. The van der Waals surface area contributed by atoms with E-state index in [-0.39, 0.29) is 6.03 Å². The molecule has 0 unspecified atom stereocenters. The number of ether oxygens (including phenoxy) is 2. The van der Waals surface area contributed by atoms with Crippen molar-refractivity contribution in [3.8, 4) is 11.5 Å². The van der Waals surface area contributed by atoms with E-state index in [9.17, 15) is 4.79 Å². The van der Waals surface area contributed by atoms with Crippen LogP contribution in [0.2, 0.25) is 0 Å². The van der Waals surface area contributed by atoms with E-state index in [1.807, 2.05) is 56.3 Å². The van der Waals surface area contributed by atoms with Gasteiger partial charge in [-0.2, -0.15) is 0 Å². The number of aryl methyl sites for hydroxylation is 2. The Labute approximate surface area is 160 Å². The Kier molecular flexibility index (Phi) is 7.70. The van der Waals surface area contributed by atoms with Crippen LogP contribution in [0.4, 0.5) is 10.5 Å². The summed E-state index contributed by atoms with van der Waals surface area (Å²) in [6, 6.07) is 12.9. The normalized spacial score (nSPS) is 10.7. The number of nitrogens with zero attached hydrogens (tertiary/aromatic N) is 1. The van der Waals surface area contributed by atoms with E-state index < -0.39 is 0 Å². The molecule has 27 heavy (non-hydrogen) atoms. The maximum atomic E-state index is 11.8. The van der Waals surface area contributed by atoms with Gasteiger partial charge in [-0.1, -0.05) is 24.3 Å². The molecule has 0 aromatic heterocycles. The van der Waals surface area contributed by atoms with E-state index in [0.29, 0.717) is 24.7 Å². The standard InChI is InChI=1S/C21H26N2O4/c1-16-9-7-10-17(2)20(16)27-14-6-5-13-26-19-12-8-11-18(15-19)22-21(24)23(3)25-4/h5-12,15H,13-14H2,1-4H3,(H,22,24). The molecule has 0 radical (unpaired) electrons. The number of carbonyl (C=O) groups is 1. The number of carbonyl (C=O) groups excluding carboxylic acids is 1. The maximum Gasteiger partial charge on any atom is 0.345 e. The summed E-state index contributed by atoms with van der Waals surface area (Å²) in [5, 5.41) is 3.82. The molecule has 0 atom stereocenters. The molecule has 1 N–H and O–H groups in total. The number of hydroxylamine groups is 2. The van der Waals surface area contributed by atoms with Crippen LogP contribution >= 0.6 is 0 Å². The highest BCUT2D eigenvalue weighted by Gasteiger charge is 2.08. The molecule has 0 saturated heterocycles. The molecule has 2 amide bonds. The van der Waals surface area contributed by atoms with E-state index in [1.165, 1.54) is 14.2 Å². The maximum absolute atomic E-state index is 11.8.